The molecule has 2 aromatic rings. The molecule has 1 aromatic carbocycles. The van der Waals surface area contributed by atoms with E-state index in [2.05, 4.69) is 27.3 Å². The van der Waals surface area contributed by atoms with Gasteiger partial charge in [0.2, 0.25) is 5.79 Å². The van der Waals surface area contributed by atoms with E-state index in [-0.39, 0.29) is 12.2 Å². The maximum absolute atomic E-state index is 6.34. The molecule has 176 valence electrons. The molecule has 1 aromatic heterocycles. The third-order valence-electron chi connectivity index (χ3n) is 9.53. The molecule has 4 saturated carbocycles. The highest BCUT2D eigenvalue weighted by atomic mass is 35.5. The van der Waals surface area contributed by atoms with E-state index in [0.29, 0.717) is 11.8 Å². The van der Waals surface area contributed by atoms with Crippen LogP contribution in [0.1, 0.15) is 38.5 Å². The van der Waals surface area contributed by atoms with Crippen LogP contribution >= 0.6 is 11.6 Å². The molecule has 1 atom stereocenters. The van der Waals surface area contributed by atoms with Gasteiger partial charge >= 0.3 is 0 Å². The Kier molecular flexibility index (Phi) is 4.93. The Balaban J connectivity index is 1.10. The van der Waals surface area contributed by atoms with E-state index in [1.165, 1.54) is 32.1 Å². The zero-order valence-corrected chi connectivity index (χ0v) is 19.7. The summed E-state index contributed by atoms with van der Waals surface area (Å²) in [5.74, 6) is 2.69. The van der Waals surface area contributed by atoms with E-state index in [9.17, 15) is 0 Å². The fraction of sp³-hybridized carbons (Fsp3) is 0.654. The molecule has 1 N–H and O–H groups in total. The molecule has 8 rings (SSSR count). The van der Waals surface area contributed by atoms with Crippen molar-refractivity contribution in [1.29, 1.82) is 0 Å². The van der Waals surface area contributed by atoms with E-state index in [1.54, 1.807) is 0 Å². The largest absolute Gasteiger partial charge is 0.383 e. The van der Waals surface area contributed by atoms with Crippen LogP contribution in [-0.2, 0) is 14.5 Å². The number of nitrogens with one attached hydrogen (secondary N) is 1. The van der Waals surface area contributed by atoms with Crippen molar-refractivity contribution in [2.75, 3.05) is 38.3 Å². The average Bonchev–Trinajstić information content (AvgIpc) is 3.28. The quantitative estimate of drug-likeness (QED) is 0.630. The summed E-state index contributed by atoms with van der Waals surface area (Å²) in [6.07, 6.45) is 9.58. The Morgan fingerprint density at radius 2 is 1.91 bits per heavy atom. The molecular formula is C26H32ClN3O3. The maximum atomic E-state index is 6.34. The van der Waals surface area contributed by atoms with Gasteiger partial charge in [0.25, 0.3) is 0 Å². The van der Waals surface area contributed by atoms with E-state index in [1.807, 2.05) is 18.3 Å². The summed E-state index contributed by atoms with van der Waals surface area (Å²) in [7, 11) is 0. The second-order valence-electron chi connectivity index (χ2n) is 11.0. The van der Waals surface area contributed by atoms with Gasteiger partial charge in [0.1, 0.15) is 0 Å². The number of ether oxygens (including phenoxy) is 1. The molecule has 6 nitrogen and oxygen atoms in total. The highest BCUT2D eigenvalue weighted by Crippen LogP contribution is 2.68. The Morgan fingerprint density at radius 1 is 1.09 bits per heavy atom. The first-order valence-corrected chi connectivity index (χ1v) is 13.0. The van der Waals surface area contributed by atoms with Crippen molar-refractivity contribution in [3.8, 4) is 0 Å². The highest BCUT2D eigenvalue weighted by molar-refractivity contribution is 6.31. The summed E-state index contributed by atoms with van der Waals surface area (Å²) in [4.78, 5) is 18.6. The molecule has 4 bridgehead atoms. The molecule has 6 aliphatic rings. The topological polar surface area (TPSA) is 55.9 Å². The molecule has 2 aliphatic heterocycles. The zero-order valence-electron chi connectivity index (χ0n) is 19.0. The molecule has 2 spiro atoms. The van der Waals surface area contributed by atoms with Crippen LogP contribution in [0.4, 0.5) is 5.69 Å². The second-order valence-corrected chi connectivity index (χ2v) is 11.5. The molecule has 6 fully saturated rings. The van der Waals surface area contributed by atoms with Crippen LogP contribution in [0.5, 0.6) is 0 Å². The third kappa shape index (κ3) is 3.18. The van der Waals surface area contributed by atoms with Crippen molar-refractivity contribution in [2.24, 2.45) is 29.1 Å². The summed E-state index contributed by atoms with van der Waals surface area (Å²) in [5, 5.41) is 5.49. The summed E-state index contributed by atoms with van der Waals surface area (Å²) in [6, 6.07) is 7.96. The minimum Gasteiger partial charge on any atom is -0.383 e. The van der Waals surface area contributed by atoms with Gasteiger partial charge in [-0.25, -0.2) is 4.89 Å². The van der Waals surface area contributed by atoms with Crippen molar-refractivity contribution in [3.05, 3.63) is 35.5 Å². The molecule has 0 amide bonds. The van der Waals surface area contributed by atoms with Gasteiger partial charge < -0.3 is 15.0 Å². The standard InChI is InChI=1S/C26H32ClN3O3/c27-21-1-2-22-23(3-5-28-24(22)14-21)29-6-8-30-7-4-26(31-16-32-33-26)25(15-30)19-10-17-9-18(12-19)13-20(25)11-17/h1-3,5,14,17-20H,4,6-13,15-16H2,(H,28,29). The number of aromatic nitrogens is 1. The van der Waals surface area contributed by atoms with Crippen LogP contribution in [0.2, 0.25) is 5.02 Å². The Morgan fingerprint density at radius 3 is 2.67 bits per heavy atom. The van der Waals surface area contributed by atoms with E-state index in [4.69, 9.17) is 26.1 Å². The third-order valence-corrected chi connectivity index (χ3v) is 9.76. The average molecular weight is 470 g/mol. The number of hydrogen-bond acceptors (Lipinski definition) is 6. The van der Waals surface area contributed by atoms with Crippen LogP contribution < -0.4 is 5.32 Å². The number of piperidine rings is 1. The number of nitrogens with zero attached hydrogens (tertiary/aromatic N) is 2. The fourth-order valence-electron chi connectivity index (χ4n) is 8.42. The molecule has 3 heterocycles. The van der Waals surface area contributed by atoms with E-state index in [0.717, 1.165) is 66.0 Å². The van der Waals surface area contributed by atoms with Crippen LogP contribution in [-0.4, -0.2) is 48.6 Å². The molecule has 0 radical (unpaired) electrons. The number of pyridine rings is 1. The van der Waals surface area contributed by atoms with Gasteiger partial charge in [-0.2, -0.15) is 4.89 Å². The number of anilines is 1. The number of rotatable bonds is 4. The fourth-order valence-corrected chi connectivity index (χ4v) is 8.58. The maximum Gasteiger partial charge on any atom is 0.212 e. The summed E-state index contributed by atoms with van der Waals surface area (Å²) < 4.78 is 6.34. The highest BCUT2D eigenvalue weighted by Gasteiger charge is 2.70. The lowest BCUT2D eigenvalue weighted by molar-refractivity contribution is -0.398. The van der Waals surface area contributed by atoms with Crippen LogP contribution in [0, 0.1) is 29.1 Å². The lowest BCUT2D eigenvalue weighted by Gasteiger charge is -2.67. The molecule has 33 heavy (non-hydrogen) atoms. The number of likely N-dealkylation sites (tertiary alicyclic amines) is 1. The number of fused-ring (bicyclic) bond motifs is 1. The normalized spacial score (nSPS) is 39.8. The van der Waals surface area contributed by atoms with Gasteiger partial charge in [-0.15, -0.1) is 0 Å². The van der Waals surface area contributed by atoms with Gasteiger partial charge in [0.05, 0.1) is 5.52 Å². The Labute approximate surface area is 199 Å². The number of hydrogen-bond donors (Lipinski definition) is 1. The van der Waals surface area contributed by atoms with Gasteiger partial charge in [-0.1, -0.05) is 11.6 Å². The van der Waals surface area contributed by atoms with Gasteiger partial charge in [0, 0.05) is 60.3 Å². The summed E-state index contributed by atoms with van der Waals surface area (Å²) in [5.41, 5.74) is 2.11. The predicted octanol–water partition coefficient (Wildman–Crippen LogP) is 5.08. The van der Waals surface area contributed by atoms with E-state index < -0.39 is 5.79 Å². The molecular weight excluding hydrogens is 438 g/mol. The second kappa shape index (κ2) is 7.79. The molecule has 7 heteroatoms. The SMILES string of the molecule is Clc1ccc2c(NCCN3CCC4(OCOO4)C4(C3)C3CC5CC(C3)CC4C5)ccnc2c1. The first-order chi connectivity index (χ1) is 16.2. The summed E-state index contributed by atoms with van der Waals surface area (Å²) >= 11 is 6.15. The van der Waals surface area contributed by atoms with Crippen molar-refractivity contribution < 1.29 is 14.5 Å². The van der Waals surface area contributed by atoms with Crippen molar-refractivity contribution in [3.63, 3.8) is 0 Å². The van der Waals surface area contributed by atoms with Crippen LogP contribution in [0.25, 0.3) is 10.9 Å². The summed E-state index contributed by atoms with van der Waals surface area (Å²) in [6.45, 7) is 4.20. The minimum absolute atomic E-state index is 0.0648. The van der Waals surface area contributed by atoms with Crippen molar-refractivity contribution >= 4 is 28.2 Å². The van der Waals surface area contributed by atoms with Crippen LogP contribution in [0.15, 0.2) is 30.5 Å². The minimum atomic E-state index is -0.542. The van der Waals surface area contributed by atoms with Crippen molar-refractivity contribution in [1.82, 2.24) is 9.88 Å². The number of benzene rings is 1. The Hall–Kier alpha value is -1.44. The molecule has 4 aliphatic carbocycles. The monoisotopic (exact) mass is 469 g/mol. The molecule has 2 saturated heterocycles. The van der Waals surface area contributed by atoms with Gasteiger partial charge in [-0.05, 0) is 80.0 Å². The number of halogens is 1. The lowest BCUT2D eigenvalue weighted by Crippen LogP contribution is -2.71. The first kappa shape index (κ1) is 20.9. The first-order valence-electron chi connectivity index (χ1n) is 12.6. The van der Waals surface area contributed by atoms with Gasteiger partial charge in [-0.3, -0.25) is 4.98 Å². The zero-order chi connectivity index (χ0) is 22.0. The lowest BCUT2D eigenvalue weighted by atomic mass is 9.42. The van der Waals surface area contributed by atoms with Crippen LogP contribution in [0.3, 0.4) is 0 Å². The van der Waals surface area contributed by atoms with E-state index >= 15 is 0 Å². The molecule has 1 unspecified atom stereocenters. The smallest absolute Gasteiger partial charge is 0.212 e. The predicted molar refractivity (Wildman–Crippen MR) is 127 cm³/mol. The van der Waals surface area contributed by atoms with Crippen molar-refractivity contribution in [2.45, 2.75) is 44.3 Å². The van der Waals surface area contributed by atoms with Gasteiger partial charge in [0.15, 0.2) is 6.79 Å². The Bertz CT molecular complexity index is 1030.